The number of hydrogen-bond acceptors (Lipinski definition) is 2. The lowest BCUT2D eigenvalue weighted by atomic mass is 10.2. The van der Waals surface area contributed by atoms with E-state index >= 15 is 0 Å². The summed E-state index contributed by atoms with van der Waals surface area (Å²) in [4.78, 5) is 3.97. The van der Waals surface area contributed by atoms with E-state index in [1.165, 1.54) is 4.57 Å². The first-order valence-corrected chi connectivity index (χ1v) is 8.06. The lowest BCUT2D eigenvalue weighted by molar-refractivity contribution is -0.139. The van der Waals surface area contributed by atoms with Gasteiger partial charge in [-0.05, 0) is 29.8 Å². The minimum atomic E-state index is -4.30. The van der Waals surface area contributed by atoms with Gasteiger partial charge in [-0.25, -0.2) is 0 Å². The number of pyridine rings is 1. The summed E-state index contributed by atoms with van der Waals surface area (Å²) in [5.41, 5.74) is 2.73. The van der Waals surface area contributed by atoms with Crippen LogP contribution in [0.5, 0.6) is 0 Å². The highest BCUT2D eigenvalue weighted by Gasteiger charge is 2.30. The highest BCUT2D eigenvalue weighted by atomic mass is 19.4. The molecule has 0 aliphatic rings. The number of fused-ring (bicyclic) bond motifs is 1. The minimum Gasteiger partial charge on any atom is -0.331 e. The van der Waals surface area contributed by atoms with E-state index in [1.54, 1.807) is 47.7 Å². The first-order valence-electron chi connectivity index (χ1n) is 8.06. The second-order valence-corrected chi connectivity index (χ2v) is 6.07. The third-order valence-electron chi connectivity index (χ3n) is 4.17. The molecule has 0 atom stereocenters. The molecule has 4 aromatic rings. The number of alkyl halides is 3. The van der Waals surface area contributed by atoms with Crippen molar-refractivity contribution >= 4 is 10.9 Å². The molecule has 0 amide bonds. The summed E-state index contributed by atoms with van der Waals surface area (Å²) in [5.74, 6) is 0. The summed E-state index contributed by atoms with van der Waals surface area (Å²) in [6.45, 7) is -0.507. The van der Waals surface area contributed by atoms with Crippen molar-refractivity contribution in [2.45, 2.75) is 19.3 Å². The molecule has 0 aliphatic heterocycles. The van der Waals surface area contributed by atoms with Crippen molar-refractivity contribution in [3.63, 3.8) is 0 Å². The molecule has 3 heterocycles. The second-order valence-electron chi connectivity index (χ2n) is 6.07. The van der Waals surface area contributed by atoms with Crippen molar-refractivity contribution in [1.29, 1.82) is 0 Å². The van der Waals surface area contributed by atoms with Crippen LogP contribution in [-0.2, 0) is 13.1 Å². The Balaban J connectivity index is 1.73. The van der Waals surface area contributed by atoms with Gasteiger partial charge < -0.3 is 4.57 Å². The van der Waals surface area contributed by atoms with E-state index in [2.05, 4.69) is 10.1 Å². The number of aromatic nitrogens is 4. The van der Waals surface area contributed by atoms with Gasteiger partial charge in [0, 0.05) is 35.1 Å². The van der Waals surface area contributed by atoms with Crippen LogP contribution in [0.25, 0.3) is 22.2 Å². The molecule has 3 aromatic heterocycles. The van der Waals surface area contributed by atoms with Crippen LogP contribution in [0.4, 0.5) is 13.2 Å². The van der Waals surface area contributed by atoms with Gasteiger partial charge in [0.05, 0.1) is 18.4 Å². The van der Waals surface area contributed by atoms with Crippen LogP contribution in [0.1, 0.15) is 5.56 Å². The van der Waals surface area contributed by atoms with Crippen LogP contribution in [0, 0.1) is 0 Å². The molecular formula is C19H15F3N4. The molecular weight excluding hydrogens is 341 g/mol. The summed E-state index contributed by atoms with van der Waals surface area (Å²) in [5, 5.41) is 5.07. The van der Waals surface area contributed by atoms with Crippen molar-refractivity contribution in [3.05, 3.63) is 72.8 Å². The van der Waals surface area contributed by atoms with E-state index in [0.29, 0.717) is 23.3 Å². The van der Waals surface area contributed by atoms with Crippen molar-refractivity contribution < 1.29 is 13.2 Å². The van der Waals surface area contributed by atoms with Gasteiger partial charge in [-0.1, -0.05) is 18.2 Å². The minimum absolute atomic E-state index is 0.504. The summed E-state index contributed by atoms with van der Waals surface area (Å²) >= 11 is 0. The fraction of sp³-hybridized carbons (Fsp3) is 0.158. The number of hydrogen-bond donors (Lipinski definition) is 0. The molecule has 1 aromatic carbocycles. The van der Waals surface area contributed by atoms with Gasteiger partial charge in [-0.2, -0.15) is 18.3 Å². The van der Waals surface area contributed by atoms with E-state index in [-0.39, 0.29) is 0 Å². The van der Waals surface area contributed by atoms with Gasteiger partial charge in [-0.15, -0.1) is 0 Å². The molecule has 0 N–H and O–H groups in total. The van der Waals surface area contributed by atoms with Gasteiger partial charge in [0.25, 0.3) is 0 Å². The largest absolute Gasteiger partial charge is 0.406 e. The maximum absolute atomic E-state index is 13.1. The van der Waals surface area contributed by atoms with Crippen LogP contribution in [0.2, 0.25) is 0 Å². The Morgan fingerprint density at radius 1 is 1.00 bits per heavy atom. The Kier molecular flexibility index (Phi) is 3.99. The zero-order valence-electron chi connectivity index (χ0n) is 13.7. The first kappa shape index (κ1) is 16.4. The molecule has 26 heavy (non-hydrogen) atoms. The second kappa shape index (κ2) is 6.33. The average molecular weight is 356 g/mol. The molecule has 7 heteroatoms. The third kappa shape index (κ3) is 3.33. The quantitative estimate of drug-likeness (QED) is 0.539. The highest BCUT2D eigenvalue weighted by Crippen LogP contribution is 2.31. The molecule has 0 saturated heterocycles. The van der Waals surface area contributed by atoms with Crippen molar-refractivity contribution in [1.82, 2.24) is 19.3 Å². The topological polar surface area (TPSA) is 35.6 Å². The van der Waals surface area contributed by atoms with E-state index in [1.807, 2.05) is 24.3 Å². The lowest BCUT2D eigenvalue weighted by Gasteiger charge is -2.12. The molecule has 0 bridgehead atoms. The average Bonchev–Trinajstić information content (AvgIpc) is 3.20. The van der Waals surface area contributed by atoms with Gasteiger partial charge >= 0.3 is 6.18 Å². The predicted octanol–water partition coefficient (Wildman–Crippen LogP) is 4.51. The Bertz CT molecular complexity index is 1030. The normalized spacial score (nSPS) is 12.0. The molecule has 0 fully saturated rings. The van der Waals surface area contributed by atoms with E-state index in [0.717, 1.165) is 10.9 Å². The van der Waals surface area contributed by atoms with Crippen LogP contribution in [0.3, 0.4) is 0 Å². The molecule has 4 nitrogen and oxygen atoms in total. The zero-order chi connectivity index (χ0) is 18.1. The highest BCUT2D eigenvalue weighted by molar-refractivity contribution is 5.86. The van der Waals surface area contributed by atoms with Crippen LogP contribution >= 0.6 is 0 Å². The fourth-order valence-electron chi connectivity index (χ4n) is 3.06. The monoisotopic (exact) mass is 356 g/mol. The van der Waals surface area contributed by atoms with Gasteiger partial charge in [0.1, 0.15) is 6.54 Å². The third-order valence-corrected chi connectivity index (χ3v) is 4.17. The Morgan fingerprint density at radius 3 is 2.54 bits per heavy atom. The number of nitrogens with zero attached hydrogens (tertiary/aromatic N) is 4. The summed E-state index contributed by atoms with van der Waals surface area (Å²) < 4.78 is 42.3. The molecule has 0 unspecified atom stereocenters. The standard InChI is InChI=1S/C19H15F3N4/c20-19(21,22)13-26-17-4-2-1-3-15(17)9-18(26)16-10-24-25(12-16)11-14-5-7-23-8-6-14/h1-10,12H,11,13H2. The maximum Gasteiger partial charge on any atom is 0.406 e. The summed E-state index contributed by atoms with van der Waals surface area (Å²) in [6.07, 6.45) is 2.45. The van der Waals surface area contributed by atoms with Crippen molar-refractivity contribution in [2.75, 3.05) is 0 Å². The van der Waals surface area contributed by atoms with Gasteiger partial charge in [0.15, 0.2) is 0 Å². The molecule has 0 aliphatic carbocycles. The lowest BCUT2D eigenvalue weighted by Crippen LogP contribution is -2.18. The van der Waals surface area contributed by atoms with E-state index < -0.39 is 12.7 Å². The number of halogens is 3. The fourth-order valence-corrected chi connectivity index (χ4v) is 3.06. The van der Waals surface area contributed by atoms with Crippen LogP contribution in [-0.4, -0.2) is 25.5 Å². The first-order chi connectivity index (χ1) is 12.5. The van der Waals surface area contributed by atoms with Crippen molar-refractivity contribution in [2.24, 2.45) is 0 Å². The smallest absolute Gasteiger partial charge is 0.331 e. The molecule has 0 saturated carbocycles. The van der Waals surface area contributed by atoms with Crippen LogP contribution < -0.4 is 0 Å². The summed E-state index contributed by atoms with van der Waals surface area (Å²) in [7, 11) is 0. The van der Waals surface area contributed by atoms with Crippen LogP contribution in [0.15, 0.2) is 67.3 Å². The van der Waals surface area contributed by atoms with Gasteiger partial charge in [-0.3, -0.25) is 9.67 Å². The molecule has 0 spiro atoms. The summed E-state index contributed by atoms with van der Waals surface area (Å²) in [6, 6.07) is 12.6. The Hall–Kier alpha value is -3.09. The Labute approximate surface area is 147 Å². The van der Waals surface area contributed by atoms with Crippen molar-refractivity contribution in [3.8, 4) is 11.3 Å². The predicted molar refractivity (Wildman–Crippen MR) is 92.6 cm³/mol. The Morgan fingerprint density at radius 2 is 1.77 bits per heavy atom. The zero-order valence-corrected chi connectivity index (χ0v) is 13.7. The molecule has 132 valence electrons. The van der Waals surface area contributed by atoms with Gasteiger partial charge in [0.2, 0.25) is 0 Å². The molecule has 4 rings (SSSR count). The number of rotatable bonds is 4. The molecule has 0 radical (unpaired) electrons. The van der Waals surface area contributed by atoms with E-state index in [4.69, 9.17) is 0 Å². The van der Waals surface area contributed by atoms with E-state index in [9.17, 15) is 13.2 Å². The number of benzene rings is 1. The maximum atomic E-state index is 13.1. The SMILES string of the molecule is FC(F)(F)Cn1c(-c2cnn(Cc3ccncc3)c2)cc2ccccc21. The number of para-hydroxylation sites is 1.